The molecule has 0 saturated carbocycles. The molecule has 114 valence electrons. The lowest BCUT2D eigenvalue weighted by molar-refractivity contribution is 0.0285. The Labute approximate surface area is 125 Å². The summed E-state index contributed by atoms with van der Waals surface area (Å²) >= 11 is 0. The number of carbonyl (C=O) groups excluding carboxylic acids is 1. The zero-order chi connectivity index (χ0) is 15.3. The number of aromatic nitrogens is 1. The predicted octanol–water partition coefficient (Wildman–Crippen LogP) is 1.91. The van der Waals surface area contributed by atoms with Crippen molar-refractivity contribution < 1.29 is 9.90 Å². The van der Waals surface area contributed by atoms with Crippen LogP contribution in [-0.4, -0.2) is 47.6 Å². The van der Waals surface area contributed by atoms with Gasteiger partial charge in [0.2, 0.25) is 0 Å². The third kappa shape index (κ3) is 3.42. The summed E-state index contributed by atoms with van der Waals surface area (Å²) < 4.78 is 0. The second-order valence-corrected chi connectivity index (χ2v) is 5.66. The fourth-order valence-electron chi connectivity index (χ4n) is 2.93. The Balaban J connectivity index is 2.16. The zero-order valence-electron chi connectivity index (χ0n) is 12.5. The molecule has 0 aromatic carbocycles. The van der Waals surface area contributed by atoms with Crippen LogP contribution in [0, 0.1) is 5.41 Å². The van der Waals surface area contributed by atoms with E-state index in [0.29, 0.717) is 17.9 Å². The minimum atomic E-state index is -0.242. The molecule has 5 nitrogen and oxygen atoms in total. The number of rotatable bonds is 5. The molecule has 1 atom stereocenters. The van der Waals surface area contributed by atoms with Crippen molar-refractivity contribution >= 4 is 11.7 Å². The van der Waals surface area contributed by atoms with Gasteiger partial charge in [-0.15, -0.1) is 6.58 Å². The second kappa shape index (κ2) is 6.72. The highest BCUT2D eigenvalue weighted by atomic mass is 16.3. The van der Waals surface area contributed by atoms with E-state index in [0.717, 1.165) is 25.8 Å². The number of pyridine rings is 1. The number of hydrogen-bond donors (Lipinski definition) is 2. The van der Waals surface area contributed by atoms with Gasteiger partial charge in [-0.25, -0.2) is 4.98 Å². The van der Waals surface area contributed by atoms with Crippen LogP contribution in [0.3, 0.4) is 0 Å². The Morgan fingerprint density at radius 2 is 2.48 bits per heavy atom. The first-order chi connectivity index (χ1) is 10.1. The topological polar surface area (TPSA) is 65.5 Å². The maximum Gasteiger partial charge on any atom is 0.254 e. The Hall–Kier alpha value is -1.88. The molecule has 2 rings (SSSR count). The first-order valence-electron chi connectivity index (χ1n) is 7.29. The first kappa shape index (κ1) is 15.5. The Morgan fingerprint density at radius 3 is 3.14 bits per heavy atom. The van der Waals surface area contributed by atoms with Gasteiger partial charge in [-0.3, -0.25) is 4.79 Å². The molecule has 1 unspecified atom stereocenters. The number of piperidine rings is 1. The van der Waals surface area contributed by atoms with Gasteiger partial charge in [-0.05, 0) is 31.4 Å². The van der Waals surface area contributed by atoms with Crippen molar-refractivity contribution in [2.45, 2.75) is 19.3 Å². The van der Waals surface area contributed by atoms with Gasteiger partial charge in [-0.2, -0.15) is 0 Å². The monoisotopic (exact) mass is 289 g/mol. The van der Waals surface area contributed by atoms with E-state index < -0.39 is 0 Å². The van der Waals surface area contributed by atoms with Crippen molar-refractivity contribution in [3.63, 3.8) is 0 Å². The number of aliphatic hydroxyl groups excluding tert-OH is 1. The molecule has 1 fully saturated rings. The molecule has 1 aliphatic rings. The lowest BCUT2D eigenvalue weighted by atomic mass is 9.77. The molecule has 0 aliphatic carbocycles. The average Bonchev–Trinajstić information content (AvgIpc) is 2.54. The van der Waals surface area contributed by atoms with Crippen LogP contribution in [0.5, 0.6) is 0 Å². The standard InChI is InChI=1S/C16H23N3O2/c1-3-6-16(12-20)7-4-9-19(11-16)15(21)13-5-8-18-14(10-13)17-2/h3,5,8,10,20H,1,4,6-7,9,11-12H2,2H3,(H,17,18). The van der Waals surface area contributed by atoms with Crippen molar-refractivity contribution in [2.75, 3.05) is 32.1 Å². The molecular weight excluding hydrogens is 266 g/mol. The van der Waals surface area contributed by atoms with Crippen molar-refractivity contribution in [1.29, 1.82) is 0 Å². The molecule has 0 radical (unpaired) electrons. The normalized spacial score (nSPS) is 21.9. The summed E-state index contributed by atoms with van der Waals surface area (Å²) in [6.07, 6.45) is 6.02. The van der Waals surface area contributed by atoms with Crippen LogP contribution in [0.1, 0.15) is 29.6 Å². The molecule has 1 aliphatic heterocycles. The fourth-order valence-corrected chi connectivity index (χ4v) is 2.93. The van der Waals surface area contributed by atoms with Crippen LogP contribution in [0.2, 0.25) is 0 Å². The first-order valence-corrected chi connectivity index (χ1v) is 7.29. The van der Waals surface area contributed by atoms with Gasteiger partial charge < -0.3 is 15.3 Å². The van der Waals surface area contributed by atoms with Crippen LogP contribution in [0.15, 0.2) is 31.0 Å². The van der Waals surface area contributed by atoms with Crippen LogP contribution in [-0.2, 0) is 0 Å². The van der Waals surface area contributed by atoms with E-state index in [2.05, 4.69) is 16.9 Å². The minimum Gasteiger partial charge on any atom is -0.396 e. The average molecular weight is 289 g/mol. The molecule has 1 saturated heterocycles. The van der Waals surface area contributed by atoms with Crippen molar-refractivity contribution in [3.8, 4) is 0 Å². The Bertz CT molecular complexity index is 518. The van der Waals surface area contributed by atoms with Gasteiger partial charge in [0.05, 0.1) is 6.61 Å². The lowest BCUT2D eigenvalue weighted by Gasteiger charge is -2.41. The summed E-state index contributed by atoms with van der Waals surface area (Å²) in [6.45, 7) is 5.16. The molecule has 0 spiro atoms. The summed E-state index contributed by atoms with van der Waals surface area (Å²) in [5.41, 5.74) is 0.385. The number of likely N-dealkylation sites (tertiary alicyclic amines) is 1. The molecule has 0 bridgehead atoms. The molecule has 21 heavy (non-hydrogen) atoms. The minimum absolute atomic E-state index is 0.00418. The summed E-state index contributed by atoms with van der Waals surface area (Å²) in [5, 5.41) is 12.7. The molecule has 1 amide bonds. The quantitative estimate of drug-likeness (QED) is 0.813. The number of anilines is 1. The van der Waals surface area contributed by atoms with Gasteiger partial charge in [0.15, 0.2) is 0 Å². The van der Waals surface area contributed by atoms with Gasteiger partial charge in [0.1, 0.15) is 5.82 Å². The number of allylic oxidation sites excluding steroid dienone is 1. The zero-order valence-corrected chi connectivity index (χ0v) is 12.5. The number of amides is 1. The summed E-state index contributed by atoms with van der Waals surface area (Å²) in [7, 11) is 1.78. The van der Waals surface area contributed by atoms with Gasteiger partial charge in [0, 0.05) is 37.3 Å². The maximum absolute atomic E-state index is 12.6. The van der Waals surface area contributed by atoms with Gasteiger partial charge in [-0.1, -0.05) is 6.08 Å². The molecule has 1 aromatic rings. The summed E-state index contributed by atoms with van der Waals surface area (Å²) in [4.78, 5) is 18.6. The van der Waals surface area contributed by atoms with E-state index in [1.165, 1.54) is 0 Å². The van der Waals surface area contributed by atoms with Crippen molar-refractivity contribution in [3.05, 3.63) is 36.5 Å². The molecule has 2 N–H and O–H groups in total. The molecule has 5 heteroatoms. The number of carbonyl (C=O) groups is 1. The van der Waals surface area contributed by atoms with Gasteiger partial charge >= 0.3 is 0 Å². The number of aliphatic hydroxyl groups is 1. The van der Waals surface area contributed by atoms with E-state index >= 15 is 0 Å². The van der Waals surface area contributed by atoms with E-state index in [4.69, 9.17) is 0 Å². The number of hydrogen-bond acceptors (Lipinski definition) is 4. The highest BCUT2D eigenvalue weighted by Crippen LogP contribution is 2.34. The van der Waals surface area contributed by atoms with Crippen LogP contribution >= 0.6 is 0 Å². The Kier molecular flexibility index (Phi) is 4.96. The predicted molar refractivity (Wildman–Crippen MR) is 83.3 cm³/mol. The highest BCUT2D eigenvalue weighted by Gasteiger charge is 2.35. The lowest BCUT2D eigenvalue weighted by Crippen LogP contribution is -2.47. The van der Waals surface area contributed by atoms with Crippen molar-refractivity contribution in [1.82, 2.24) is 9.88 Å². The summed E-state index contributed by atoms with van der Waals surface area (Å²) in [5.74, 6) is 0.674. The van der Waals surface area contributed by atoms with Crippen molar-refractivity contribution in [2.24, 2.45) is 5.41 Å². The van der Waals surface area contributed by atoms with Crippen LogP contribution in [0.4, 0.5) is 5.82 Å². The largest absolute Gasteiger partial charge is 0.396 e. The van der Waals surface area contributed by atoms with Crippen LogP contribution < -0.4 is 5.32 Å². The van der Waals surface area contributed by atoms with E-state index in [1.807, 2.05) is 11.0 Å². The van der Waals surface area contributed by atoms with E-state index in [-0.39, 0.29) is 17.9 Å². The van der Waals surface area contributed by atoms with E-state index in [1.54, 1.807) is 25.4 Å². The third-order valence-corrected chi connectivity index (χ3v) is 4.12. The fraction of sp³-hybridized carbons (Fsp3) is 0.500. The van der Waals surface area contributed by atoms with Crippen LogP contribution in [0.25, 0.3) is 0 Å². The smallest absolute Gasteiger partial charge is 0.254 e. The molecule has 1 aromatic heterocycles. The second-order valence-electron chi connectivity index (χ2n) is 5.66. The maximum atomic E-state index is 12.6. The van der Waals surface area contributed by atoms with Gasteiger partial charge in [0.25, 0.3) is 5.91 Å². The highest BCUT2D eigenvalue weighted by molar-refractivity contribution is 5.94. The molecule has 2 heterocycles. The van der Waals surface area contributed by atoms with E-state index in [9.17, 15) is 9.90 Å². The number of nitrogens with one attached hydrogen (secondary N) is 1. The molecular formula is C16H23N3O2. The summed E-state index contributed by atoms with van der Waals surface area (Å²) in [6, 6.07) is 3.48. The Morgan fingerprint density at radius 1 is 1.67 bits per heavy atom. The number of nitrogens with zero attached hydrogens (tertiary/aromatic N) is 2. The SMILES string of the molecule is C=CCC1(CO)CCCN(C(=O)c2ccnc(NC)c2)C1. The third-order valence-electron chi connectivity index (χ3n) is 4.12.